The van der Waals surface area contributed by atoms with Crippen LogP contribution in [-0.2, 0) is 0 Å². The summed E-state index contributed by atoms with van der Waals surface area (Å²) in [5.41, 5.74) is 1.55. The third kappa shape index (κ3) is 4.82. The molecule has 0 radical (unpaired) electrons. The van der Waals surface area contributed by atoms with Gasteiger partial charge in [0.15, 0.2) is 0 Å². The number of hydrogen-bond donors (Lipinski definition) is 1. The van der Waals surface area contributed by atoms with Crippen molar-refractivity contribution in [3.8, 4) is 5.75 Å². The molecule has 0 aliphatic rings. The van der Waals surface area contributed by atoms with Gasteiger partial charge in [0, 0.05) is 6.04 Å². The molecular weight excluding hydrogens is 246 g/mol. The molecule has 1 atom stereocenters. The summed E-state index contributed by atoms with van der Waals surface area (Å²) in [6, 6.07) is 8.89. The summed E-state index contributed by atoms with van der Waals surface area (Å²) in [4.78, 5) is 0. The highest BCUT2D eigenvalue weighted by atomic mass is 16.5. The molecule has 1 rings (SSSR count). The molecule has 1 unspecified atom stereocenters. The van der Waals surface area contributed by atoms with Crippen molar-refractivity contribution in [2.24, 2.45) is 5.41 Å². The second-order valence-electron chi connectivity index (χ2n) is 6.47. The molecule has 20 heavy (non-hydrogen) atoms. The SMILES string of the molecule is CCCNC(c1cccc(OC(C)C)c1)C(C)(C)CC. The minimum atomic E-state index is 0.214. The Balaban J connectivity index is 3.00. The number of benzene rings is 1. The van der Waals surface area contributed by atoms with Crippen molar-refractivity contribution >= 4 is 0 Å². The minimum absolute atomic E-state index is 0.214. The maximum Gasteiger partial charge on any atom is 0.120 e. The number of hydrogen-bond acceptors (Lipinski definition) is 2. The van der Waals surface area contributed by atoms with Crippen molar-refractivity contribution in [1.29, 1.82) is 0 Å². The average molecular weight is 277 g/mol. The maximum absolute atomic E-state index is 5.83. The highest BCUT2D eigenvalue weighted by molar-refractivity contribution is 5.31. The molecular formula is C18H31NO. The summed E-state index contributed by atoms with van der Waals surface area (Å²) in [7, 11) is 0. The monoisotopic (exact) mass is 277 g/mol. The van der Waals surface area contributed by atoms with E-state index in [-0.39, 0.29) is 11.5 Å². The largest absolute Gasteiger partial charge is 0.491 e. The van der Waals surface area contributed by atoms with Gasteiger partial charge in [0.05, 0.1) is 6.10 Å². The van der Waals surface area contributed by atoms with Crippen LogP contribution in [0.15, 0.2) is 24.3 Å². The Morgan fingerprint density at radius 3 is 2.45 bits per heavy atom. The van der Waals surface area contributed by atoms with Gasteiger partial charge in [0.2, 0.25) is 0 Å². The van der Waals surface area contributed by atoms with E-state index in [9.17, 15) is 0 Å². The molecule has 0 heterocycles. The van der Waals surface area contributed by atoms with Crippen LogP contribution in [0.3, 0.4) is 0 Å². The molecule has 1 aromatic carbocycles. The van der Waals surface area contributed by atoms with Crippen molar-refractivity contribution in [3.05, 3.63) is 29.8 Å². The second kappa shape index (κ2) is 7.68. The van der Waals surface area contributed by atoms with Gasteiger partial charge in [-0.05, 0) is 56.3 Å². The van der Waals surface area contributed by atoms with Gasteiger partial charge >= 0.3 is 0 Å². The summed E-state index contributed by atoms with van der Waals surface area (Å²) < 4.78 is 5.83. The van der Waals surface area contributed by atoms with Crippen molar-refractivity contribution in [1.82, 2.24) is 5.32 Å². The Morgan fingerprint density at radius 1 is 1.20 bits per heavy atom. The molecule has 114 valence electrons. The normalized spacial score (nSPS) is 13.6. The highest BCUT2D eigenvalue weighted by Gasteiger charge is 2.28. The first-order valence-corrected chi connectivity index (χ1v) is 7.90. The Labute approximate surface area is 124 Å². The van der Waals surface area contributed by atoms with Gasteiger partial charge in [-0.2, -0.15) is 0 Å². The lowest BCUT2D eigenvalue weighted by molar-refractivity contribution is 0.229. The third-order valence-electron chi connectivity index (χ3n) is 3.85. The molecule has 0 spiro atoms. The fraction of sp³-hybridized carbons (Fsp3) is 0.667. The fourth-order valence-electron chi connectivity index (χ4n) is 2.38. The van der Waals surface area contributed by atoms with Crippen LogP contribution in [0.1, 0.15) is 66.0 Å². The van der Waals surface area contributed by atoms with E-state index in [1.54, 1.807) is 0 Å². The zero-order valence-electron chi connectivity index (χ0n) is 14.0. The first-order valence-electron chi connectivity index (χ1n) is 7.90. The first-order chi connectivity index (χ1) is 9.40. The van der Waals surface area contributed by atoms with Gasteiger partial charge in [-0.25, -0.2) is 0 Å². The second-order valence-corrected chi connectivity index (χ2v) is 6.47. The van der Waals surface area contributed by atoms with E-state index in [0.29, 0.717) is 6.04 Å². The number of ether oxygens (including phenoxy) is 1. The zero-order chi connectivity index (χ0) is 15.2. The highest BCUT2D eigenvalue weighted by Crippen LogP contribution is 2.37. The van der Waals surface area contributed by atoms with Crippen LogP contribution in [0.2, 0.25) is 0 Å². The minimum Gasteiger partial charge on any atom is -0.491 e. The summed E-state index contributed by atoms with van der Waals surface area (Å²) in [6.45, 7) is 14.3. The van der Waals surface area contributed by atoms with Gasteiger partial charge in [0.1, 0.15) is 5.75 Å². The summed E-state index contributed by atoms with van der Waals surface area (Å²) in [6.07, 6.45) is 2.51. The lowest BCUT2D eigenvalue weighted by Gasteiger charge is -2.35. The van der Waals surface area contributed by atoms with E-state index < -0.39 is 0 Å². The van der Waals surface area contributed by atoms with E-state index >= 15 is 0 Å². The fourth-order valence-corrected chi connectivity index (χ4v) is 2.38. The first kappa shape index (κ1) is 17.0. The van der Waals surface area contributed by atoms with Gasteiger partial charge in [0.25, 0.3) is 0 Å². The van der Waals surface area contributed by atoms with Crippen LogP contribution in [0.25, 0.3) is 0 Å². The lowest BCUT2D eigenvalue weighted by atomic mass is 9.78. The average Bonchev–Trinajstić information content (AvgIpc) is 2.38. The predicted octanol–water partition coefficient (Wildman–Crippen LogP) is 4.95. The van der Waals surface area contributed by atoms with Crippen LogP contribution >= 0.6 is 0 Å². The van der Waals surface area contributed by atoms with E-state index in [2.05, 4.69) is 65.1 Å². The van der Waals surface area contributed by atoms with Crippen molar-refractivity contribution < 1.29 is 4.74 Å². The Kier molecular flexibility index (Phi) is 6.54. The van der Waals surface area contributed by atoms with E-state index in [1.165, 1.54) is 5.56 Å². The quantitative estimate of drug-likeness (QED) is 0.726. The Bertz CT molecular complexity index is 398. The van der Waals surface area contributed by atoms with Crippen LogP contribution < -0.4 is 10.1 Å². The van der Waals surface area contributed by atoms with Gasteiger partial charge in [-0.15, -0.1) is 0 Å². The predicted molar refractivity (Wildman–Crippen MR) is 87.3 cm³/mol. The molecule has 0 saturated carbocycles. The van der Waals surface area contributed by atoms with Crippen LogP contribution in [-0.4, -0.2) is 12.6 Å². The molecule has 1 aromatic rings. The smallest absolute Gasteiger partial charge is 0.120 e. The molecule has 0 aliphatic heterocycles. The molecule has 0 aromatic heterocycles. The molecule has 1 N–H and O–H groups in total. The van der Waals surface area contributed by atoms with Crippen molar-refractivity contribution in [3.63, 3.8) is 0 Å². The molecule has 0 amide bonds. The molecule has 0 bridgehead atoms. The standard InChI is InChI=1S/C18H31NO/c1-7-12-19-17(18(5,6)8-2)15-10-9-11-16(13-15)20-14(3)4/h9-11,13-14,17,19H,7-8,12H2,1-6H3. The molecule has 0 fully saturated rings. The molecule has 0 aliphatic carbocycles. The topological polar surface area (TPSA) is 21.3 Å². The van der Waals surface area contributed by atoms with E-state index in [0.717, 1.165) is 25.1 Å². The summed E-state index contributed by atoms with van der Waals surface area (Å²) >= 11 is 0. The van der Waals surface area contributed by atoms with Gasteiger partial charge in [-0.1, -0.05) is 39.8 Å². The van der Waals surface area contributed by atoms with Crippen molar-refractivity contribution in [2.45, 2.75) is 66.5 Å². The van der Waals surface area contributed by atoms with Crippen LogP contribution in [0, 0.1) is 5.41 Å². The molecule has 0 saturated heterocycles. The van der Waals surface area contributed by atoms with Crippen molar-refractivity contribution in [2.75, 3.05) is 6.54 Å². The molecule has 2 nitrogen and oxygen atoms in total. The lowest BCUT2D eigenvalue weighted by Crippen LogP contribution is -2.34. The number of nitrogens with one attached hydrogen (secondary N) is 1. The molecule has 2 heteroatoms. The third-order valence-corrected chi connectivity index (χ3v) is 3.85. The van der Waals surface area contributed by atoms with E-state index in [4.69, 9.17) is 4.74 Å². The summed E-state index contributed by atoms with van der Waals surface area (Å²) in [5.74, 6) is 0.965. The van der Waals surface area contributed by atoms with Gasteiger partial charge < -0.3 is 10.1 Å². The summed E-state index contributed by atoms with van der Waals surface area (Å²) in [5, 5.41) is 3.70. The van der Waals surface area contributed by atoms with Crippen LogP contribution in [0.5, 0.6) is 5.75 Å². The Morgan fingerprint density at radius 2 is 1.90 bits per heavy atom. The van der Waals surface area contributed by atoms with E-state index in [1.807, 2.05) is 6.07 Å². The van der Waals surface area contributed by atoms with Gasteiger partial charge in [-0.3, -0.25) is 0 Å². The number of rotatable bonds is 8. The Hall–Kier alpha value is -1.02. The zero-order valence-corrected chi connectivity index (χ0v) is 14.0. The van der Waals surface area contributed by atoms with Crippen LogP contribution in [0.4, 0.5) is 0 Å². The maximum atomic E-state index is 5.83.